The summed E-state index contributed by atoms with van der Waals surface area (Å²) in [6.07, 6.45) is 32.6. The van der Waals surface area contributed by atoms with Crippen molar-refractivity contribution in [2.45, 2.75) is 109 Å². The topological polar surface area (TPSA) is 0 Å². The third kappa shape index (κ3) is 5.50. The predicted octanol–water partition coefficient (Wildman–Crippen LogP) is 15.8. The van der Waals surface area contributed by atoms with E-state index in [0.717, 1.165) is 29.6 Å². The highest BCUT2D eigenvalue weighted by molar-refractivity contribution is 7.26. The molecule has 0 radical (unpaired) electrons. The first-order valence-corrected chi connectivity index (χ1v) is 22.8. The van der Waals surface area contributed by atoms with Crippen molar-refractivity contribution in [2.24, 2.45) is 35.0 Å². The van der Waals surface area contributed by atoms with Gasteiger partial charge in [0.1, 0.15) is 0 Å². The van der Waals surface area contributed by atoms with Crippen LogP contribution >= 0.6 is 11.3 Å². The molecule has 0 N–H and O–H groups in total. The molecule has 54 heavy (non-hydrogen) atoms. The van der Waals surface area contributed by atoms with Gasteiger partial charge >= 0.3 is 0 Å². The van der Waals surface area contributed by atoms with Crippen LogP contribution in [0.4, 0.5) is 0 Å². The first-order valence-electron chi connectivity index (χ1n) is 22.0. The average molecular weight is 725 g/mol. The van der Waals surface area contributed by atoms with E-state index in [9.17, 15) is 0 Å². The van der Waals surface area contributed by atoms with Crippen molar-refractivity contribution in [2.75, 3.05) is 0 Å². The molecule has 0 bridgehead atoms. The maximum atomic E-state index is 2.77. The Hall–Kier alpha value is -3.68. The number of allylic oxidation sites excluding steroid dienone is 4. The Kier molecular flexibility index (Phi) is 8.60. The Bertz CT molecular complexity index is 2350. The summed E-state index contributed by atoms with van der Waals surface area (Å²) in [4.78, 5) is 0. The molecule has 0 amide bonds. The SMILES string of the molecule is C1=CC2CC3(Cc4ccc5sc6cccc(-c7c8ccccc8c(C8CCCCC8)c8ccccc78)c6c5c4)C=CCCC3C(C3CCCCC3)C2CC1. The summed E-state index contributed by atoms with van der Waals surface area (Å²) in [5.74, 6) is 4.97. The molecule has 1 heteroatoms. The van der Waals surface area contributed by atoms with E-state index in [2.05, 4.69) is 109 Å². The molecule has 0 spiro atoms. The van der Waals surface area contributed by atoms with Crippen molar-refractivity contribution in [3.63, 3.8) is 0 Å². The Morgan fingerprint density at radius 3 is 2.11 bits per heavy atom. The fraction of sp³-hybridized carbons (Fsp3) is 0.434. The summed E-state index contributed by atoms with van der Waals surface area (Å²) >= 11 is 1.99. The largest absolute Gasteiger partial charge is 0.135 e. The molecule has 274 valence electrons. The van der Waals surface area contributed by atoms with Crippen LogP contribution in [-0.2, 0) is 6.42 Å². The number of hydrogen-bond acceptors (Lipinski definition) is 1. The zero-order valence-electron chi connectivity index (χ0n) is 32.1. The van der Waals surface area contributed by atoms with Gasteiger partial charge < -0.3 is 0 Å². The molecule has 11 rings (SSSR count). The van der Waals surface area contributed by atoms with Crippen molar-refractivity contribution in [1.82, 2.24) is 0 Å². The summed E-state index contributed by atoms with van der Waals surface area (Å²) in [5, 5.41) is 8.75. The van der Waals surface area contributed by atoms with Gasteiger partial charge in [-0.15, -0.1) is 11.3 Å². The summed E-state index contributed by atoms with van der Waals surface area (Å²) in [5.41, 5.74) is 6.28. The van der Waals surface area contributed by atoms with E-state index in [0.29, 0.717) is 5.92 Å². The lowest BCUT2D eigenvalue weighted by molar-refractivity contribution is -0.0464. The van der Waals surface area contributed by atoms with E-state index < -0.39 is 0 Å². The predicted molar refractivity (Wildman–Crippen MR) is 234 cm³/mol. The lowest BCUT2D eigenvalue weighted by atomic mass is 9.46. The quantitative estimate of drug-likeness (QED) is 0.123. The number of rotatable bonds is 5. The molecular formula is C53H56S. The van der Waals surface area contributed by atoms with Gasteiger partial charge in [0, 0.05) is 20.2 Å². The minimum absolute atomic E-state index is 0.271. The average Bonchev–Trinajstić information content (AvgIpc) is 3.61. The van der Waals surface area contributed by atoms with Gasteiger partial charge in [0.2, 0.25) is 0 Å². The van der Waals surface area contributed by atoms with Crippen molar-refractivity contribution in [1.29, 1.82) is 0 Å². The van der Waals surface area contributed by atoms with Crippen LogP contribution in [0.1, 0.15) is 113 Å². The van der Waals surface area contributed by atoms with Gasteiger partial charge in [-0.05, 0) is 154 Å². The molecule has 5 aliphatic carbocycles. The highest BCUT2D eigenvalue weighted by Crippen LogP contribution is 2.61. The standard InChI is InChI=1S/C53H56S/c1-3-16-36(17-4-1)49-40-22-9-11-24-42(40)51(43-25-12-10-23-41(43)49)44-26-15-28-48-52(44)45-32-35(29-30-47(45)54-48)33-53-31-14-13-27-46(53)50(37-18-5-2-6-19-37)39-21-8-7-20-38(39)34-53/h7,9-12,14-15,20,22-26,28-32,36-39,46,50H,1-6,8,13,16-19,21,27,33-34H2. The van der Waals surface area contributed by atoms with Crippen LogP contribution < -0.4 is 0 Å². The van der Waals surface area contributed by atoms with Crippen molar-refractivity contribution >= 4 is 53.1 Å². The second-order valence-corrected chi connectivity index (χ2v) is 19.4. The maximum Gasteiger partial charge on any atom is 0.0361 e. The second-order valence-electron chi connectivity index (χ2n) is 18.3. The Labute approximate surface area is 326 Å². The summed E-state index contributed by atoms with van der Waals surface area (Å²) < 4.78 is 2.85. The number of benzene rings is 5. The van der Waals surface area contributed by atoms with Gasteiger partial charge in [-0.2, -0.15) is 0 Å². The minimum atomic E-state index is 0.271. The van der Waals surface area contributed by atoms with E-state index >= 15 is 0 Å². The molecule has 5 aliphatic rings. The highest BCUT2D eigenvalue weighted by Gasteiger charge is 2.53. The van der Waals surface area contributed by atoms with E-state index in [1.165, 1.54) is 156 Å². The number of thiophene rings is 1. The molecule has 6 aromatic rings. The third-order valence-electron chi connectivity index (χ3n) is 15.5. The molecule has 5 atom stereocenters. The molecule has 0 nitrogen and oxygen atoms in total. The fourth-order valence-corrected chi connectivity index (χ4v) is 14.6. The second kappa shape index (κ2) is 13.8. The van der Waals surface area contributed by atoms with Gasteiger partial charge in [0.15, 0.2) is 0 Å². The van der Waals surface area contributed by atoms with E-state index in [1.807, 2.05) is 11.3 Å². The van der Waals surface area contributed by atoms with Crippen LogP contribution in [0, 0.1) is 35.0 Å². The highest BCUT2D eigenvalue weighted by atomic mass is 32.1. The van der Waals surface area contributed by atoms with E-state index in [4.69, 9.17) is 0 Å². The van der Waals surface area contributed by atoms with Gasteiger partial charge in [-0.1, -0.05) is 142 Å². The Morgan fingerprint density at radius 1 is 0.611 bits per heavy atom. The van der Waals surface area contributed by atoms with Crippen LogP contribution in [0.3, 0.4) is 0 Å². The Morgan fingerprint density at radius 2 is 1.33 bits per heavy atom. The number of hydrogen-bond donors (Lipinski definition) is 0. The number of fused-ring (bicyclic) bond motifs is 7. The van der Waals surface area contributed by atoms with E-state index in [-0.39, 0.29) is 5.41 Å². The molecule has 3 fully saturated rings. The maximum absolute atomic E-state index is 2.77. The molecule has 1 heterocycles. The van der Waals surface area contributed by atoms with Gasteiger partial charge in [-0.25, -0.2) is 0 Å². The third-order valence-corrected chi connectivity index (χ3v) is 16.7. The molecular weight excluding hydrogens is 669 g/mol. The van der Waals surface area contributed by atoms with Crippen LogP contribution in [0.5, 0.6) is 0 Å². The molecule has 0 saturated heterocycles. The van der Waals surface area contributed by atoms with Crippen LogP contribution in [0.2, 0.25) is 0 Å². The van der Waals surface area contributed by atoms with Crippen molar-refractivity contribution in [3.8, 4) is 11.1 Å². The van der Waals surface area contributed by atoms with Crippen molar-refractivity contribution < 1.29 is 0 Å². The van der Waals surface area contributed by atoms with Gasteiger partial charge in [-0.3, -0.25) is 0 Å². The van der Waals surface area contributed by atoms with Gasteiger partial charge in [0.05, 0.1) is 0 Å². The van der Waals surface area contributed by atoms with E-state index in [1.54, 1.807) is 11.1 Å². The summed E-state index contributed by atoms with van der Waals surface area (Å²) in [7, 11) is 0. The zero-order chi connectivity index (χ0) is 35.6. The van der Waals surface area contributed by atoms with Crippen LogP contribution in [0.15, 0.2) is 109 Å². The van der Waals surface area contributed by atoms with Crippen molar-refractivity contribution in [3.05, 3.63) is 120 Å². The van der Waals surface area contributed by atoms with Crippen LogP contribution in [-0.4, -0.2) is 0 Å². The van der Waals surface area contributed by atoms with Gasteiger partial charge in [0.25, 0.3) is 0 Å². The minimum Gasteiger partial charge on any atom is -0.135 e. The first kappa shape index (κ1) is 33.6. The molecule has 5 unspecified atom stereocenters. The zero-order valence-corrected chi connectivity index (χ0v) is 32.9. The molecule has 1 aromatic heterocycles. The molecule has 0 aliphatic heterocycles. The molecule has 5 aromatic carbocycles. The van der Waals surface area contributed by atoms with Crippen LogP contribution in [0.25, 0.3) is 52.8 Å². The summed E-state index contributed by atoms with van der Waals surface area (Å²) in [6, 6.07) is 33.7. The molecule has 3 saturated carbocycles. The lowest BCUT2D eigenvalue weighted by Crippen LogP contribution is -2.51. The normalized spacial score (nSPS) is 27.9. The first-order chi connectivity index (χ1) is 26.8. The Balaban J connectivity index is 1.07. The lowest BCUT2D eigenvalue weighted by Gasteiger charge is -2.58. The monoisotopic (exact) mass is 724 g/mol. The smallest absolute Gasteiger partial charge is 0.0361 e. The summed E-state index contributed by atoms with van der Waals surface area (Å²) in [6.45, 7) is 0. The fourth-order valence-electron chi connectivity index (χ4n) is 13.5.